The van der Waals surface area contributed by atoms with Crippen LogP contribution >= 0.6 is 11.9 Å². The number of H-pyrrole nitrogens is 1. The van der Waals surface area contributed by atoms with Crippen molar-refractivity contribution in [3.63, 3.8) is 0 Å². The monoisotopic (exact) mass is 309 g/mol. The zero-order valence-corrected chi connectivity index (χ0v) is 12.1. The van der Waals surface area contributed by atoms with E-state index in [0.29, 0.717) is 16.6 Å². The minimum Gasteiger partial charge on any atom is -0.354 e. The number of nitrogens with one attached hydrogen (secondary N) is 2. The van der Waals surface area contributed by atoms with Crippen molar-refractivity contribution in [3.05, 3.63) is 58.6 Å². The van der Waals surface area contributed by atoms with Crippen LogP contribution in [0.2, 0.25) is 0 Å². The molecule has 0 aliphatic carbocycles. The van der Waals surface area contributed by atoms with Gasteiger partial charge in [0, 0.05) is 28.4 Å². The quantitative estimate of drug-likeness (QED) is 0.642. The first kappa shape index (κ1) is 14.1. The summed E-state index contributed by atoms with van der Waals surface area (Å²) in [6.45, 7) is 0. The predicted octanol–water partition coefficient (Wildman–Crippen LogP) is 2.50. The summed E-state index contributed by atoms with van der Waals surface area (Å²) in [6.07, 6.45) is 2.93. The Balaban J connectivity index is 2.14. The molecule has 3 aromatic rings. The highest BCUT2D eigenvalue weighted by Crippen LogP contribution is 2.27. The number of aromatic nitrogens is 2. The molecular formula is C15H11N5OS. The molecule has 0 bridgehead atoms. The lowest BCUT2D eigenvalue weighted by Crippen LogP contribution is -2.08. The number of hydrogen-bond acceptors (Lipinski definition) is 6. The van der Waals surface area contributed by atoms with Gasteiger partial charge in [-0.05, 0) is 42.3 Å². The van der Waals surface area contributed by atoms with E-state index in [9.17, 15) is 10.1 Å². The Morgan fingerprint density at radius 2 is 2.05 bits per heavy atom. The molecule has 0 radical (unpaired) electrons. The number of nitrogens with zero attached hydrogens (tertiary/aromatic N) is 2. The fourth-order valence-electron chi connectivity index (χ4n) is 2.12. The van der Waals surface area contributed by atoms with Gasteiger partial charge in [-0.2, -0.15) is 5.26 Å². The van der Waals surface area contributed by atoms with Gasteiger partial charge in [0.05, 0.1) is 11.3 Å². The summed E-state index contributed by atoms with van der Waals surface area (Å²) in [5.41, 5.74) is 1.72. The number of nitriles is 1. The lowest BCUT2D eigenvalue weighted by molar-refractivity contribution is 1.23. The van der Waals surface area contributed by atoms with Crippen LogP contribution < -0.4 is 16.0 Å². The van der Waals surface area contributed by atoms with Crippen LogP contribution in [0.4, 0.5) is 11.4 Å². The number of hydrogen-bond donors (Lipinski definition) is 3. The van der Waals surface area contributed by atoms with Gasteiger partial charge in [-0.25, -0.2) is 4.98 Å². The molecule has 2 heterocycles. The number of rotatable bonds is 3. The fourth-order valence-corrected chi connectivity index (χ4v) is 2.41. The maximum atomic E-state index is 11.8. The highest BCUT2D eigenvalue weighted by atomic mass is 32.2. The van der Waals surface area contributed by atoms with Crippen LogP contribution in [0.3, 0.4) is 0 Å². The van der Waals surface area contributed by atoms with Gasteiger partial charge in [-0.1, -0.05) is 0 Å². The molecule has 2 aromatic heterocycles. The molecule has 0 unspecified atom stereocenters. The molecule has 0 aliphatic rings. The second kappa shape index (κ2) is 5.89. The minimum atomic E-state index is -0.292. The zero-order chi connectivity index (χ0) is 15.5. The van der Waals surface area contributed by atoms with Crippen LogP contribution in [-0.2, 0) is 0 Å². The van der Waals surface area contributed by atoms with E-state index in [2.05, 4.69) is 21.4 Å². The van der Waals surface area contributed by atoms with Crippen molar-refractivity contribution in [1.82, 2.24) is 9.97 Å². The van der Waals surface area contributed by atoms with Crippen molar-refractivity contribution in [2.45, 2.75) is 4.90 Å². The predicted molar refractivity (Wildman–Crippen MR) is 86.8 cm³/mol. The van der Waals surface area contributed by atoms with Crippen LogP contribution in [0, 0.1) is 11.3 Å². The molecule has 0 aliphatic heterocycles. The molecule has 0 fully saturated rings. The Morgan fingerprint density at radius 1 is 1.27 bits per heavy atom. The first-order valence-corrected chi connectivity index (χ1v) is 7.25. The van der Waals surface area contributed by atoms with E-state index in [-0.39, 0.29) is 11.1 Å². The summed E-state index contributed by atoms with van der Waals surface area (Å²) < 4.78 is 0. The number of nitrogens with two attached hydrogens (primary N) is 1. The standard InChI is InChI=1S/C15H11N5OS/c16-7-9-8-19-14-12(5-6-18-15(14)21)13(9)20-10-1-3-11(22-17)4-2-10/h1-6,8H,17H2,(H,18,21)(H,19,20). The average molecular weight is 309 g/mol. The summed E-state index contributed by atoms with van der Waals surface area (Å²) in [4.78, 5) is 19.4. The van der Waals surface area contributed by atoms with Gasteiger partial charge in [-0.3, -0.25) is 9.93 Å². The third-order valence-electron chi connectivity index (χ3n) is 3.18. The summed E-state index contributed by atoms with van der Waals surface area (Å²) in [7, 11) is 0. The van der Waals surface area contributed by atoms with Crippen molar-refractivity contribution in [1.29, 1.82) is 5.26 Å². The smallest absolute Gasteiger partial charge is 0.274 e. The second-order valence-corrected chi connectivity index (χ2v) is 5.20. The molecule has 108 valence electrons. The van der Waals surface area contributed by atoms with E-state index >= 15 is 0 Å². The summed E-state index contributed by atoms with van der Waals surface area (Å²) in [6, 6.07) is 11.3. The van der Waals surface area contributed by atoms with Crippen molar-refractivity contribution in [2.24, 2.45) is 5.14 Å². The minimum absolute atomic E-state index is 0.290. The SMILES string of the molecule is N#Cc1cnc2c(=O)[nH]ccc2c1Nc1ccc(SN)cc1. The second-order valence-electron chi connectivity index (χ2n) is 4.49. The molecule has 0 amide bonds. The summed E-state index contributed by atoms with van der Waals surface area (Å²) in [5.74, 6) is 0. The lowest BCUT2D eigenvalue weighted by atomic mass is 10.1. The topological polar surface area (TPSA) is 108 Å². The van der Waals surface area contributed by atoms with Crippen LogP contribution in [0.15, 0.2) is 52.4 Å². The van der Waals surface area contributed by atoms with Gasteiger partial charge >= 0.3 is 0 Å². The van der Waals surface area contributed by atoms with E-state index in [0.717, 1.165) is 22.5 Å². The highest BCUT2D eigenvalue weighted by molar-refractivity contribution is 7.97. The fraction of sp³-hybridized carbons (Fsp3) is 0. The Bertz CT molecular complexity index is 927. The van der Waals surface area contributed by atoms with Crippen molar-refractivity contribution < 1.29 is 0 Å². The van der Waals surface area contributed by atoms with Crippen molar-refractivity contribution >= 4 is 34.2 Å². The van der Waals surface area contributed by atoms with E-state index in [1.807, 2.05) is 24.3 Å². The highest BCUT2D eigenvalue weighted by Gasteiger charge is 2.11. The van der Waals surface area contributed by atoms with Crippen LogP contribution in [0.25, 0.3) is 10.9 Å². The largest absolute Gasteiger partial charge is 0.354 e. The van der Waals surface area contributed by atoms with Crippen molar-refractivity contribution in [2.75, 3.05) is 5.32 Å². The van der Waals surface area contributed by atoms with Crippen LogP contribution in [0.1, 0.15) is 5.56 Å². The number of aromatic amines is 1. The number of pyridine rings is 2. The van der Waals surface area contributed by atoms with Gasteiger partial charge in [0.2, 0.25) is 0 Å². The average Bonchev–Trinajstić information content (AvgIpc) is 2.56. The van der Waals surface area contributed by atoms with Crippen LogP contribution in [0.5, 0.6) is 0 Å². The lowest BCUT2D eigenvalue weighted by Gasteiger charge is -2.11. The van der Waals surface area contributed by atoms with Gasteiger partial charge < -0.3 is 10.3 Å². The molecule has 6 nitrogen and oxygen atoms in total. The van der Waals surface area contributed by atoms with Gasteiger partial charge in [0.1, 0.15) is 11.6 Å². The number of fused-ring (bicyclic) bond motifs is 1. The Labute approximate surface area is 130 Å². The van der Waals surface area contributed by atoms with E-state index in [1.165, 1.54) is 12.4 Å². The summed E-state index contributed by atoms with van der Waals surface area (Å²) in [5, 5.41) is 18.5. The van der Waals surface area contributed by atoms with E-state index in [1.54, 1.807) is 6.07 Å². The molecule has 4 N–H and O–H groups in total. The van der Waals surface area contributed by atoms with E-state index < -0.39 is 0 Å². The van der Waals surface area contributed by atoms with Gasteiger partial charge in [-0.15, -0.1) is 0 Å². The molecule has 3 rings (SSSR count). The first-order valence-electron chi connectivity index (χ1n) is 6.37. The first-order chi connectivity index (χ1) is 10.7. The third kappa shape index (κ3) is 2.53. The number of anilines is 2. The van der Waals surface area contributed by atoms with E-state index in [4.69, 9.17) is 5.14 Å². The van der Waals surface area contributed by atoms with Crippen molar-refractivity contribution in [3.8, 4) is 6.07 Å². The molecule has 0 spiro atoms. The third-order valence-corrected chi connectivity index (χ3v) is 3.72. The van der Waals surface area contributed by atoms with Crippen LogP contribution in [-0.4, -0.2) is 9.97 Å². The van der Waals surface area contributed by atoms with Gasteiger partial charge in [0.25, 0.3) is 5.56 Å². The molecular weight excluding hydrogens is 298 g/mol. The zero-order valence-electron chi connectivity index (χ0n) is 11.3. The molecule has 0 saturated carbocycles. The maximum Gasteiger partial charge on any atom is 0.274 e. The molecule has 0 saturated heterocycles. The normalized spacial score (nSPS) is 10.4. The maximum absolute atomic E-state index is 11.8. The molecule has 0 atom stereocenters. The Hall–Kier alpha value is -2.82. The Kier molecular flexibility index (Phi) is 3.78. The number of benzene rings is 1. The molecule has 1 aromatic carbocycles. The Morgan fingerprint density at radius 3 is 2.73 bits per heavy atom. The van der Waals surface area contributed by atoms with Gasteiger partial charge in [0.15, 0.2) is 0 Å². The molecule has 7 heteroatoms. The molecule has 22 heavy (non-hydrogen) atoms. The summed E-state index contributed by atoms with van der Waals surface area (Å²) >= 11 is 1.16.